The number of hydrazone groups is 1. The van der Waals surface area contributed by atoms with Gasteiger partial charge in [-0.15, -0.1) is 5.11 Å². The average molecular weight is 423 g/mol. The highest BCUT2D eigenvalue weighted by Crippen LogP contribution is 2.25. The quantitative estimate of drug-likeness (QED) is 0.217. The number of phenols is 1. The topological polar surface area (TPSA) is 90.6 Å². The zero-order chi connectivity index (χ0) is 21.3. The Labute approximate surface area is 177 Å². The van der Waals surface area contributed by atoms with Gasteiger partial charge in [-0.2, -0.15) is 10.2 Å². The number of nitrogens with one attached hydrogen (secondary N) is 2. The highest BCUT2D eigenvalue weighted by atomic mass is 32.1. The summed E-state index contributed by atoms with van der Waals surface area (Å²) in [6.07, 6.45) is 1.39. The molecule has 30 heavy (non-hydrogen) atoms. The van der Waals surface area contributed by atoms with E-state index >= 15 is 0 Å². The summed E-state index contributed by atoms with van der Waals surface area (Å²) in [4.78, 5) is 0. The van der Waals surface area contributed by atoms with Gasteiger partial charge in [0.25, 0.3) is 0 Å². The molecule has 7 nitrogen and oxygen atoms in total. The van der Waals surface area contributed by atoms with Crippen LogP contribution in [0.15, 0.2) is 82.1 Å². The standard InChI is InChI=1S/C21H18FN5O2S/c1-29-17-9-6-15(7-10-17)24-21(30)27-23-13-14-12-16(8-11-20(14)28)25-26-19-5-3-2-4-18(19)22/h2-13,28H,1H3,(H2,24,27,30)/b23-13+,26-25?. The van der Waals surface area contributed by atoms with E-state index in [1.807, 2.05) is 12.1 Å². The third kappa shape index (κ3) is 5.82. The summed E-state index contributed by atoms with van der Waals surface area (Å²) >= 11 is 5.18. The van der Waals surface area contributed by atoms with Gasteiger partial charge in [-0.25, -0.2) is 4.39 Å². The number of hydrogen-bond donors (Lipinski definition) is 3. The lowest BCUT2D eigenvalue weighted by Crippen LogP contribution is -2.23. The number of methoxy groups -OCH3 is 1. The Bertz CT molecular complexity index is 1090. The van der Waals surface area contributed by atoms with Crippen LogP contribution in [0.25, 0.3) is 0 Å². The highest BCUT2D eigenvalue weighted by molar-refractivity contribution is 7.80. The van der Waals surface area contributed by atoms with Gasteiger partial charge in [0.05, 0.1) is 19.0 Å². The largest absolute Gasteiger partial charge is 0.507 e. The summed E-state index contributed by atoms with van der Waals surface area (Å²) in [5, 5.41) is 25.1. The minimum Gasteiger partial charge on any atom is -0.507 e. The molecule has 0 unspecified atom stereocenters. The first-order valence-electron chi connectivity index (χ1n) is 8.78. The lowest BCUT2D eigenvalue weighted by Gasteiger charge is -2.07. The molecule has 0 atom stereocenters. The van der Waals surface area contributed by atoms with Crippen LogP contribution in [-0.4, -0.2) is 23.5 Å². The predicted octanol–water partition coefficient (Wildman–Crippen LogP) is 5.28. The number of ether oxygens (including phenoxy) is 1. The maximum Gasteiger partial charge on any atom is 0.191 e. The molecule has 0 heterocycles. The van der Waals surface area contributed by atoms with Crippen molar-refractivity contribution in [2.75, 3.05) is 12.4 Å². The van der Waals surface area contributed by atoms with Crippen LogP contribution in [0.1, 0.15) is 5.56 Å². The van der Waals surface area contributed by atoms with Crippen LogP contribution >= 0.6 is 12.2 Å². The zero-order valence-electron chi connectivity index (χ0n) is 15.9. The Kier molecular flexibility index (Phi) is 7.01. The number of halogens is 1. The van der Waals surface area contributed by atoms with E-state index in [2.05, 4.69) is 26.1 Å². The minimum atomic E-state index is -0.469. The molecule has 3 aromatic carbocycles. The molecule has 0 bridgehead atoms. The molecule has 0 spiro atoms. The van der Waals surface area contributed by atoms with E-state index in [0.717, 1.165) is 11.4 Å². The Hall–Kier alpha value is -3.85. The van der Waals surface area contributed by atoms with Gasteiger partial charge >= 0.3 is 0 Å². The molecule has 0 aliphatic rings. The van der Waals surface area contributed by atoms with E-state index in [1.54, 1.807) is 43.5 Å². The number of aromatic hydroxyl groups is 1. The van der Waals surface area contributed by atoms with Crippen LogP contribution in [-0.2, 0) is 0 Å². The molecule has 152 valence electrons. The molecular formula is C21H18FN5O2S. The van der Waals surface area contributed by atoms with Crippen molar-refractivity contribution in [3.05, 3.63) is 78.1 Å². The summed E-state index contributed by atoms with van der Waals surface area (Å²) in [7, 11) is 1.59. The fourth-order valence-corrected chi connectivity index (χ4v) is 2.52. The fraction of sp³-hybridized carbons (Fsp3) is 0.0476. The Morgan fingerprint density at radius 3 is 2.57 bits per heavy atom. The van der Waals surface area contributed by atoms with Crippen LogP contribution in [0, 0.1) is 5.82 Å². The molecule has 3 N–H and O–H groups in total. The SMILES string of the molecule is COc1ccc(NC(=S)N/N=C/c2cc(N=Nc3ccccc3F)ccc2O)cc1. The van der Waals surface area contributed by atoms with Crippen LogP contribution in [0.4, 0.5) is 21.5 Å². The number of thiocarbonyl (C=S) groups is 1. The van der Waals surface area contributed by atoms with Gasteiger partial charge in [-0.3, -0.25) is 5.43 Å². The predicted molar refractivity (Wildman–Crippen MR) is 119 cm³/mol. The number of anilines is 1. The van der Waals surface area contributed by atoms with E-state index in [-0.39, 0.29) is 16.5 Å². The normalized spacial score (nSPS) is 11.0. The van der Waals surface area contributed by atoms with Gasteiger partial charge in [0.2, 0.25) is 0 Å². The number of azo groups is 1. The molecule has 0 radical (unpaired) electrons. The van der Waals surface area contributed by atoms with E-state index in [4.69, 9.17) is 17.0 Å². The zero-order valence-corrected chi connectivity index (χ0v) is 16.7. The van der Waals surface area contributed by atoms with Crippen LogP contribution in [0.3, 0.4) is 0 Å². The lowest BCUT2D eigenvalue weighted by atomic mass is 10.2. The maximum atomic E-state index is 13.6. The van der Waals surface area contributed by atoms with Crippen molar-refractivity contribution in [2.24, 2.45) is 15.3 Å². The van der Waals surface area contributed by atoms with E-state index in [1.165, 1.54) is 24.4 Å². The van der Waals surface area contributed by atoms with Crippen molar-refractivity contribution >= 4 is 40.6 Å². The summed E-state index contributed by atoms with van der Waals surface area (Å²) in [6.45, 7) is 0. The number of phenolic OH excluding ortho intramolecular Hbond substituents is 1. The summed E-state index contributed by atoms with van der Waals surface area (Å²) in [5.41, 5.74) is 4.37. The third-order valence-corrected chi connectivity index (χ3v) is 4.05. The summed E-state index contributed by atoms with van der Waals surface area (Å²) in [6, 6.07) is 17.8. The van der Waals surface area contributed by atoms with Crippen LogP contribution < -0.4 is 15.5 Å². The molecule has 3 aromatic rings. The first kappa shape index (κ1) is 20.9. The molecule has 0 aliphatic heterocycles. The lowest BCUT2D eigenvalue weighted by molar-refractivity contribution is 0.415. The van der Waals surface area contributed by atoms with Gasteiger partial charge in [-0.1, -0.05) is 12.1 Å². The van der Waals surface area contributed by atoms with Crippen molar-refractivity contribution in [3.63, 3.8) is 0 Å². The van der Waals surface area contributed by atoms with E-state index in [0.29, 0.717) is 11.3 Å². The first-order chi connectivity index (χ1) is 14.5. The second kappa shape index (κ2) is 10.1. The highest BCUT2D eigenvalue weighted by Gasteiger charge is 2.02. The molecule has 0 saturated carbocycles. The molecule has 0 aliphatic carbocycles. The van der Waals surface area contributed by atoms with Crippen molar-refractivity contribution in [2.45, 2.75) is 0 Å². The van der Waals surface area contributed by atoms with Crippen molar-refractivity contribution in [1.82, 2.24) is 5.43 Å². The van der Waals surface area contributed by atoms with Crippen molar-refractivity contribution in [1.29, 1.82) is 0 Å². The third-order valence-electron chi connectivity index (χ3n) is 3.85. The van der Waals surface area contributed by atoms with Gasteiger partial charge in [0.1, 0.15) is 17.2 Å². The number of benzene rings is 3. The Morgan fingerprint density at radius 1 is 1.07 bits per heavy atom. The maximum absolute atomic E-state index is 13.6. The van der Waals surface area contributed by atoms with E-state index in [9.17, 15) is 9.50 Å². The molecule has 3 rings (SSSR count). The number of hydrogen-bond acceptors (Lipinski definition) is 6. The van der Waals surface area contributed by atoms with Crippen molar-refractivity contribution in [3.8, 4) is 11.5 Å². The number of nitrogens with zero attached hydrogens (tertiary/aromatic N) is 3. The smallest absolute Gasteiger partial charge is 0.191 e. The van der Waals surface area contributed by atoms with Crippen molar-refractivity contribution < 1.29 is 14.2 Å². The molecular weight excluding hydrogens is 405 g/mol. The van der Waals surface area contributed by atoms with Gasteiger partial charge in [0, 0.05) is 11.3 Å². The molecule has 0 aromatic heterocycles. The second-order valence-electron chi connectivity index (χ2n) is 5.95. The molecule has 0 saturated heterocycles. The number of rotatable bonds is 6. The molecule has 0 fully saturated rings. The molecule has 0 amide bonds. The van der Waals surface area contributed by atoms with Crippen LogP contribution in [0.5, 0.6) is 11.5 Å². The molecule has 9 heteroatoms. The average Bonchev–Trinajstić information content (AvgIpc) is 2.75. The summed E-state index contributed by atoms with van der Waals surface area (Å²) in [5.74, 6) is 0.267. The van der Waals surface area contributed by atoms with Gasteiger partial charge in [0.15, 0.2) is 10.9 Å². The summed E-state index contributed by atoms with van der Waals surface area (Å²) < 4.78 is 18.7. The minimum absolute atomic E-state index is 0.000534. The fourth-order valence-electron chi connectivity index (χ4n) is 2.35. The monoisotopic (exact) mass is 423 g/mol. The second-order valence-corrected chi connectivity index (χ2v) is 6.36. The van der Waals surface area contributed by atoms with Gasteiger partial charge in [-0.05, 0) is 66.8 Å². The Morgan fingerprint density at radius 2 is 1.83 bits per heavy atom. The van der Waals surface area contributed by atoms with Crippen LogP contribution in [0.2, 0.25) is 0 Å². The van der Waals surface area contributed by atoms with E-state index < -0.39 is 5.82 Å². The Balaban J connectivity index is 1.62. The van der Waals surface area contributed by atoms with Gasteiger partial charge < -0.3 is 15.2 Å². The first-order valence-corrected chi connectivity index (χ1v) is 9.19.